The van der Waals surface area contributed by atoms with Crippen molar-refractivity contribution in [1.82, 2.24) is 25.5 Å². The molecule has 1 aromatic carbocycles. The van der Waals surface area contributed by atoms with Gasteiger partial charge < -0.3 is 10.1 Å². The van der Waals surface area contributed by atoms with Gasteiger partial charge in [0, 0.05) is 35.6 Å². The van der Waals surface area contributed by atoms with E-state index < -0.39 is 0 Å². The third kappa shape index (κ3) is 4.40. The molecule has 0 radical (unpaired) electrons. The minimum absolute atomic E-state index is 0.178. The fourth-order valence-corrected chi connectivity index (χ4v) is 3.72. The van der Waals surface area contributed by atoms with Crippen LogP contribution in [0.4, 0.5) is 0 Å². The highest BCUT2D eigenvalue weighted by Gasteiger charge is 2.27. The summed E-state index contributed by atoms with van der Waals surface area (Å²) in [4.78, 5) is 20.5. The number of nitrogens with one attached hydrogen (secondary N) is 2. The molecule has 150 valence electrons. The number of aromatic nitrogens is 4. The van der Waals surface area contributed by atoms with E-state index in [0.717, 1.165) is 28.8 Å². The van der Waals surface area contributed by atoms with Crippen LogP contribution in [0.3, 0.4) is 0 Å². The number of amides is 1. The van der Waals surface area contributed by atoms with Gasteiger partial charge in [-0.1, -0.05) is 25.4 Å². The average molecular weight is 412 g/mol. The van der Waals surface area contributed by atoms with Gasteiger partial charge in [0.15, 0.2) is 0 Å². The van der Waals surface area contributed by atoms with Crippen LogP contribution < -0.4 is 10.1 Å². The largest absolute Gasteiger partial charge is 0.486 e. The number of aromatic amines is 1. The molecule has 1 amide bonds. The molecule has 0 saturated heterocycles. The van der Waals surface area contributed by atoms with Crippen molar-refractivity contribution in [2.75, 3.05) is 6.54 Å². The van der Waals surface area contributed by atoms with Crippen LogP contribution in [0, 0.1) is 5.92 Å². The van der Waals surface area contributed by atoms with Crippen LogP contribution in [-0.4, -0.2) is 38.7 Å². The van der Waals surface area contributed by atoms with E-state index in [1.807, 2.05) is 12.1 Å². The molecule has 1 atom stereocenters. The summed E-state index contributed by atoms with van der Waals surface area (Å²) in [6.07, 6.45) is 6.32. The summed E-state index contributed by atoms with van der Waals surface area (Å²) in [7, 11) is 0. The van der Waals surface area contributed by atoms with Crippen LogP contribution in [0.25, 0.3) is 11.1 Å². The van der Waals surface area contributed by atoms with Crippen molar-refractivity contribution in [2.45, 2.75) is 32.8 Å². The van der Waals surface area contributed by atoms with Gasteiger partial charge in [-0.25, -0.2) is 9.97 Å². The van der Waals surface area contributed by atoms with Gasteiger partial charge in [-0.05, 0) is 36.1 Å². The minimum Gasteiger partial charge on any atom is -0.486 e. The third-order valence-electron chi connectivity index (χ3n) is 4.73. The molecule has 3 aromatic rings. The standard InChI is InChI=1S/C21H22ClN5O2/c1-12(2)3-16-7-19(27-26-16)21(28)25-10-17-5-14-4-13(6-18(22)20(14)29-17)15-8-23-11-24-9-15/h4,6-9,11-12,17H,3,5,10H2,1-2H3,(H,25,28)(H,26,27)/t17-/m1/s1. The number of ether oxygens (including phenoxy) is 1. The minimum atomic E-state index is -0.218. The first kappa shape index (κ1) is 19.4. The van der Waals surface area contributed by atoms with Gasteiger partial charge in [0.05, 0.1) is 11.6 Å². The highest BCUT2D eigenvalue weighted by atomic mass is 35.5. The number of nitrogens with zero attached hydrogens (tertiary/aromatic N) is 3. The SMILES string of the molecule is CC(C)Cc1cc(C(=O)NC[C@H]2Cc3cc(-c4cncnc4)cc(Cl)c3O2)n[nH]1. The Bertz CT molecular complexity index is 1020. The molecule has 1 aliphatic rings. The van der Waals surface area contributed by atoms with Crippen molar-refractivity contribution < 1.29 is 9.53 Å². The third-order valence-corrected chi connectivity index (χ3v) is 5.01. The molecule has 1 aliphatic heterocycles. The van der Waals surface area contributed by atoms with Crippen molar-refractivity contribution in [1.29, 1.82) is 0 Å². The summed E-state index contributed by atoms with van der Waals surface area (Å²) in [5.74, 6) is 0.948. The van der Waals surface area contributed by atoms with Gasteiger partial charge in [-0.2, -0.15) is 5.10 Å². The first-order valence-electron chi connectivity index (χ1n) is 9.56. The lowest BCUT2D eigenvalue weighted by atomic mass is 10.0. The van der Waals surface area contributed by atoms with Gasteiger partial charge in [0.1, 0.15) is 23.9 Å². The molecule has 7 nitrogen and oxygen atoms in total. The van der Waals surface area contributed by atoms with Gasteiger partial charge in [0.2, 0.25) is 0 Å². The molecule has 0 saturated carbocycles. The van der Waals surface area contributed by atoms with E-state index in [-0.39, 0.29) is 12.0 Å². The summed E-state index contributed by atoms with van der Waals surface area (Å²) in [6.45, 7) is 4.62. The number of benzene rings is 1. The van der Waals surface area contributed by atoms with E-state index in [9.17, 15) is 4.79 Å². The highest BCUT2D eigenvalue weighted by Crippen LogP contribution is 2.39. The molecule has 8 heteroatoms. The lowest BCUT2D eigenvalue weighted by Gasteiger charge is -2.11. The monoisotopic (exact) mass is 411 g/mol. The number of hydrogen-bond acceptors (Lipinski definition) is 5. The zero-order chi connectivity index (χ0) is 20.4. The van der Waals surface area contributed by atoms with Crippen molar-refractivity contribution >= 4 is 17.5 Å². The molecule has 29 heavy (non-hydrogen) atoms. The zero-order valence-electron chi connectivity index (χ0n) is 16.3. The van der Waals surface area contributed by atoms with E-state index in [1.165, 1.54) is 6.33 Å². The van der Waals surface area contributed by atoms with Crippen molar-refractivity contribution in [3.8, 4) is 16.9 Å². The Labute approximate surface area is 173 Å². The van der Waals surface area contributed by atoms with E-state index in [1.54, 1.807) is 18.5 Å². The normalized spacial score (nSPS) is 15.2. The van der Waals surface area contributed by atoms with Crippen molar-refractivity contribution in [3.63, 3.8) is 0 Å². The number of carbonyl (C=O) groups excluding carboxylic acids is 1. The van der Waals surface area contributed by atoms with Crippen LogP contribution in [-0.2, 0) is 12.8 Å². The fourth-order valence-electron chi connectivity index (χ4n) is 3.44. The van der Waals surface area contributed by atoms with Crippen LogP contribution in [0.15, 0.2) is 36.9 Å². The molecular weight excluding hydrogens is 390 g/mol. The van der Waals surface area contributed by atoms with Gasteiger partial charge in [-0.15, -0.1) is 0 Å². The smallest absolute Gasteiger partial charge is 0.271 e. The Hall–Kier alpha value is -2.93. The Kier molecular flexibility index (Phi) is 5.49. The molecule has 0 aliphatic carbocycles. The number of rotatable bonds is 6. The second kappa shape index (κ2) is 8.21. The number of halogens is 1. The Morgan fingerprint density at radius 1 is 1.28 bits per heavy atom. The highest BCUT2D eigenvalue weighted by molar-refractivity contribution is 6.32. The number of hydrogen-bond donors (Lipinski definition) is 2. The molecule has 2 N–H and O–H groups in total. The van der Waals surface area contributed by atoms with Gasteiger partial charge >= 0.3 is 0 Å². The molecule has 0 bridgehead atoms. The number of carbonyl (C=O) groups is 1. The maximum Gasteiger partial charge on any atom is 0.271 e. The maximum absolute atomic E-state index is 12.4. The first-order chi connectivity index (χ1) is 14.0. The van der Waals surface area contributed by atoms with E-state index in [4.69, 9.17) is 16.3 Å². The van der Waals surface area contributed by atoms with Gasteiger partial charge in [-0.3, -0.25) is 9.89 Å². The van der Waals surface area contributed by atoms with E-state index in [2.05, 4.69) is 39.3 Å². The second-order valence-corrected chi connectivity index (χ2v) is 8.01. The molecule has 3 heterocycles. The fraction of sp³-hybridized carbons (Fsp3) is 0.333. The average Bonchev–Trinajstić information content (AvgIpc) is 3.33. The van der Waals surface area contributed by atoms with Crippen LogP contribution in [0.1, 0.15) is 35.6 Å². The molecule has 0 fully saturated rings. The molecule has 2 aromatic heterocycles. The predicted molar refractivity (Wildman–Crippen MR) is 110 cm³/mol. The van der Waals surface area contributed by atoms with E-state index >= 15 is 0 Å². The topological polar surface area (TPSA) is 92.8 Å². The quantitative estimate of drug-likeness (QED) is 0.648. The van der Waals surface area contributed by atoms with Crippen molar-refractivity contribution in [2.24, 2.45) is 5.92 Å². The molecule has 4 rings (SSSR count). The summed E-state index contributed by atoms with van der Waals surface area (Å²) in [5, 5.41) is 10.5. The van der Waals surface area contributed by atoms with Crippen LogP contribution in [0.5, 0.6) is 5.75 Å². The summed E-state index contributed by atoms with van der Waals surface area (Å²) in [5.41, 5.74) is 4.19. The van der Waals surface area contributed by atoms with Crippen molar-refractivity contribution in [3.05, 3.63) is 58.9 Å². The summed E-state index contributed by atoms with van der Waals surface area (Å²) in [6, 6.07) is 5.68. The zero-order valence-corrected chi connectivity index (χ0v) is 17.0. The van der Waals surface area contributed by atoms with E-state index in [0.29, 0.717) is 35.3 Å². The first-order valence-corrected chi connectivity index (χ1v) is 9.94. The lowest BCUT2D eigenvalue weighted by molar-refractivity contribution is 0.0928. The predicted octanol–water partition coefficient (Wildman–Crippen LogP) is 3.45. The number of H-pyrrole nitrogens is 1. The van der Waals surface area contributed by atoms with Gasteiger partial charge in [0.25, 0.3) is 5.91 Å². The Balaban J connectivity index is 1.39. The summed E-state index contributed by atoms with van der Waals surface area (Å²) >= 11 is 6.43. The lowest BCUT2D eigenvalue weighted by Crippen LogP contribution is -2.34. The number of fused-ring (bicyclic) bond motifs is 1. The molecular formula is C21H22ClN5O2. The second-order valence-electron chi connectivity index (χ2n) is 7.60. The Morgan fingerprint density at radius 2 is 2.07 bits per heavy atom. The maximum atomic E-state index is 12.4. The summed E-state index contributed by atoms with van der Waals surface area (Å²) < 4.78 is 5.97. The Morgan fingerprint density at radius 3 is 2.83 bits per heavy atom. The van der Waals surface area contributed by atoms with Crippen LogP contribution in [0.2, 0.25) is 5.02 Å². The van der Waals surface area contributed by atoms with Crippen LogP contribution >= 0.6 is 11.6 Å². The molecule has 0 unspecified atom stereocenters. The molecule has 0 spiro atoms.